The van der Waals surface area contributed by atoms with Gasteiger partial charge in [0.05, 0.1) is 27.9 Å². The molecule has 5 aromatic rings. The minimum absolute atomic E-state index is 0.132. The highest BCUT2D eigenvalue weighted by Gasteiger charge is 2.56. The molecule has 5 aromatic carbocycles. The maximum atomic E-state index is 14.5. The molecule has 266 valence electrons. The normalized spacial score (nSPS) is 20.8. The van der Waals surface area contributed by atoms with Crippen LogP contribution in [0.4, 0.5) is 4.79 Å². The van der Waals surface area contributed by atoms with Crippen LogP contribution in [0.25, 0.3) is 0 Å². The number of fused-ring (bicyclic) bond motifs is 1. The van der Waals surface area contributed by atoms with Gasteiger partial charge in [-0.15, -0.1) is 0 Å². The highest BCUT2D eigenvalue weighted by atomic mass is 79.9. The summed E-state index contributed by atoms with van der Waals surface area (Å²) in [4.78, 5) is 29.7. The Balaban J connectivity index is 1.30. The van der Waals surface area contributed by atoms with E-state index in [-0.39, 0.29) is 25.9 Å². The van der Waals surface area contributed by atoms with Crippen molar-refractivity contribution in [2.75, 3.05) is 6.61 Å². The summed E-state index contributed by atoms with van der Waals surface area (Å²) >= 11 is 3.61. The minimum atomic E-state index is -1.78. The van der Waals surface area contributed by atoms with Crippen LogP contribution >= 0.6 is 15.9 Å². The maximum Gasteiger partial charge on any atom is 0.412 e. The quantitative estimate of drug-likeness (QED) is 0.125. The molecule has 2 aliphatic rings. The van der Waals surface area contributed by atoms with Gasteiger partial charge in [0.15, 0.2) is 5.44 Å². The second kappa shape index (κ2) is 15.1. The topological polar surface area (TPSA) is 91.4 Å². The lowest BCUT2D eigenvalue weighted by molar-refractivity contribution is -0.112. The average molecular weight is 781 g/mol. The fraction of sp³-hybridized carbons (Fsp3) is 0.238. The monoisotopic (exact) mass is 779 g/mol. The van der Waals surface area contributed by atoms with Crippen LogP contribution < -0.4 is 9.47 Å². The van der Waals surface area contributed by atoms with Gasteiger partial charge in [-0.25, -0.2) is 4.79 Å². The third kappa shape index (κ3) is 6.90. The van der Waals surface area contributed by atoms with Crippen molar-refractivity contribution in [1.82, 2.24) is 4.90 Å². The number of amides is 1. The third-order valence-electron chi connectivity index (χ3n) is 9.54. The number of hydrogen-bond acceptors (Lipinski definition) is 7. The molecular weight excluding hydrogens is 742 g/mol. The molecule has 52 heavy (non-hydrogen) atoms. The predicted molar refractivity (Wildman–Crippen MR) is 201 cm³/mol. The molecular formula is C42H38BrNO7S. The van der Waals surface area contributed by atoms with E-state index in [0.717, 1.165) is 23.0 Å². The molecule has 1 saturated heterocycles. The van der Waals surface area contributed by atoms with E-state index < -0.39 is 33.5 Å². The van der Waals surface area contributed by atoms with E-state index in [2.05, 4.69) is 15.9 Å². The first kappa shape index (κ1) is 35.6. The van der Waals surface area contributed by atoms with Gasteiger partial charge in [0.2, 0.25) is 0 Å². The van der Waals surface area contributed by atoms with E-state index in [9.17, 15) is 13.8 Å². The second-order valence-electron chi connectivity index (χ2n) is 13.3. The summed E-state index contributed by atoms with van der Waals surface area (Å²) in [5.41, 5.74) is 0.184. The number of hydrogen-bond donors (Lipinski definition) is 0. The zero-order valence-electron chi connectivity index (χ0n) is 28.8. The lowest BCUT2D eigenvalue weighted by atomic mass is 9.76. The summed E-state index contributed by atoms with van der Waals surface area (Å²) < 4.78 is 40.0. The van der Waals surface area contributed by atoms with E-state index in [0.29, 0.717) is 38.4 Å². The summed E-state index contributed by atoms with van der Waals surface area (Å²) in [6, 6.07) is 39.1. The van der Waals surface area contributed by atoms with Gasteiger partial charge in [-0.3, -0.25) is 9.11 Å². The maximum absolute atomic E-state index is 14.5. The summed E-state index contributed by atoms with van der Waals surface area (Å²) in [6.07, 6.45) is 0.744. The van der Waals surface area contributed by atoms with Crippen LogP contribution in [-0.2, 0) is 50.1 Å². The van der Waals surface area contributed by atoms with Crippen molar-refractivity contribution in [3.8, 4) is 11.5 Å². The summed E-state index contributed by atoms with van der Waals surface area (Å²) in [5, 5.41) is 0. The second-order valence-corrected chi connectivity index (χ2v) is 15.6. The van der Waals surface area contributed by atoms with Crippen LogP contribution in [0.15, 0.2) is 137 Å². The number of rotatable bonds is 11. The van der Waals surface area contributed by atoms with Crippen molar-refractivity contribution in [2.45, 2.75) is 61.0 Å². The van der Waals surface area contributed by atoms with Crippen LogP contribution in [-0.4, -0.2) is 45.3 Å². The molecule has 3 unspecified atom stereocenters. The average Bonchev–Trinajstić information content (AvgIpc) is 3.68. The molecule has 10 heteroatoms. The number of benzene rings is 5. The Morgan fingerprint density at radius 2 is 1.50 bits per heavy atom. The molecule has 0 N–H and O–H groups in total. The van der Waals surface area contributed by atoms with Crippen molar-refractivity contribution in [3.63, 3.8) is 0 Å². The van der Waals surface area contributed by atoms with Gasteiger partial charge in [0, 0.05) is 16.0 Å². The van der Waals surface area contributed by atoms with Gasteiger partial charge < -0.3 is 23.7 Å². The minimum Gasteiger partial charge on any atom is -0.489 e. The molecule has 0 saturated carbocycles. The van der Waals surface area contributed by atoms with Gasteiger partial charge >= 0.3 is 6.09 Å². The van der Waals surface area contributed by atoms with Crippen molar-refractivity contribution in [1.29, 1.82) is 0 Å². The number of nitrogens with zero attached hydrogens (tertiary/aromatic N) is 1. The van der Waals surface area contributed by atoms with Gasteiger partial charge in [-0.05, 0) is 77.2 Å². The third-order valence-corrected chi connectivity index (χ3v) is 11.8. The van der Waals surface area contributed by atoms with E-state index in [1.54, 1.807) is 17.0 Å². The Bertz CT molecular complexity index is 2080. The Morgan fingerprint density at radius 3 is 2.17 bits per heavy atom. The first-order valence-corrected chi connectivity index (χ1v) is 19.0. The molecule has 7 rings (SSSR count). The molecule has 2 aliphatic heterocycles. The standard InChI is InChI=1S/C42H38BrNO7S/c1-41(2)44(40(46)49-26-30-15-8-4-9-16-30)32(27-50-41)23-31-21-22-37(48-25-29-13-6-3-7-14-29)35(24-31)42(28-45)34-19-12-20-36(43)38(34)51-39(42)52(47)33-17-10-5-11-18-33/h3-22,24,28,32,39H,23,25-27H2,1-2H3/t32-,39?,42?,52?/m0/s1. The molecule has 0 aliphatic carbocycles. The fourth-order valence-electron chi connectivity index (χ4n) is 6.98. The first-order valence-electron chi connectivity index (χ1n) is 17.0. The molecule has 1 fully saturated rings. The van der Waals surface area contributed by atoms with Crippen molar-refractivity contribution in [3.05, 3.63) is 160 Å². The molecule has 0 spiro atoms. The molecule has 0 radical (unpaired) electrons. The highest BCUT2D eigenvalue weighted by molar-refractivity contribution is 9.10. The van der Waals surface area contributed by atoms with Crippen LogP contribution in [0.3, 0.4) is 0 Å². The lowest BCUT2D eigenvalue weighted by Crippen LogP contribution is -2.48. The van der Waals surface area contributed by atoms with Gasteiger partial charge in [-0.1, -0.05) is 103 Å². The van der Waals surface area contributed by atoms with Crippen molar-refractivity contribution in [2.24, 2.45) is 0 Å². The number of para-hydroxylation sites is 1. The van der Waals surface area contributed by atoms with E-state index in [1.807, 2.05) is 129 Å². The lowest BCUT2D eigenvalue weighted by Gasteiger charge is -2.33. The van der Waals surface area contributed by atoms with Crippen LogP contribution in [0, 0.1) is 0 Å². The number of carbonyl (C=O) groups excluding carboxylic acids is 2. The number of halogens is 1. The van der Waals surface area contributed by atoms with Gasteiger partial charge in [0.1, 0.15) is 42.1 Å². The number of aldehydes is 1. The Labute approximate surface area is 314 Å². The molecule has 4 atom stereocenters. The van der Waals surface area contributed by atoms with Gasteiger partial charge in [0.25, 0.3) is 0 Å². The summed E-state index contributed by atoms with van der Waals surface area (Å²) in [6.45, 7) is 4.35. The number of carbonyl (C=O) groups is 2. The Kier molecular flexibility index (Phi) is 10.3. The zero-order valence-corrected chi connectivity index (χ0v) is 31.2. The molecule has 0 aromatic heterocycles. The van der Waals surface area contributed by atoms with Crippen molar-refractivity contribution >= 4 is 39.1 Å². The molecule has 8 nitrogen and oxygen atoms in total. The van der Waals surface area contributed by atoms with Gasteiger partial charge in [-0.2, -0.15) is 0 Å². The molecule has 1 amide bonds. The van der Waals surface area contributed by atoms with Crippen LogP contribution in [0.2, 0.25) is 0 Å². The summed E-state index contributed by atoms with van der Waals surface area (Å²) in [7, 11) is -1.78. The Morgan fingerprint density at radius 1 is 0.846 bits per heavy atom. The van der Waals surface area contributed by atoms with E-state index >= 15 is 0 Å². The Hall–Kier alpha value is -4.77. The molecule has 2 heterocycles. The van der Waals surface area contributed by atoms with Crippen molar-refractivity contribution < 1.29 is 32.7 Å². The smallest absolute Gasteiger partial charge is 0.412 e. The number of ether oxygens (including phenoxy) is 4. The predicted octanol–water partition coefficient (Wildman–Crippen LogP) is 8.36. The first-order chi connectivity index (χ1) is 25.2. The zero-order chi connectivity index (χ0) is 36.3. The van der Waals surface area contributed by atoms with Crippen LogP contribution in [0.5, 0.6) is 11.5 Å². The van der Waals surface area contributed by atoms with E-state index in [4.69, 9.17) is 18.9 Å². The molecule has 0 bridgehead atoms. The fourth-order valence-corrected chi connectivity index (χ4v) is 8.94. The van der Waals surface area contributed by atoms with Crippen LogP contribution in [0.1, 0.15) is 41.7 Å². The van der Waals surface area contributed by atoms with E-state index in [1.165, 1.54) is 0 Å². The largest absolute Gasteiger partial charge is 0.489 e. The highest BCUT2D eigenvalue weighted by Crippen LogP contribution is 2.53. The SMILES string of the molecule is CC1(C)OC[C@H](Cc2ccc(OCc3ccccc3)c(C3(C=O)c4cccc(Br)c4OC3S(=O)c3ccccc3)c2)N1C(=O)OCc1ccccc1. The summed E-state index contributed by atoms with van der Waals surface area (Å²) in [5.74, 6) is 0.898.